The molecule has 2 rings (SSSR count). The second-order valence-corrected chi connectivity index (χ2v) is 3.89. The second kappa shape index (κ2) is 5.23. The number of carbonyl (C=O) groups is 1. The summed E-state index contributed by atoms with van der Waals surface area (Å²) in [5, 5.41) is 0. The van der Waals surface area contributed by atoms with E-state index in [2.05, 4.69) is 0 Å². The van der Waals surface area contributed by atoms with E-state index in [1.807, 2.05) is 0 Å². The SMILES string of the molecule is O=C(COc1cc(F)ccc1F)C1CCOC1. The molecule has 92 valence electrons. The Morgan fingerprint density at radius 1 is 1.47 bits per heavy atom. The maximum absolute atomic E-state index is 13.2. The van der Waals surface area contributed by atoms with Gasteiger partial charge in [-0.05, 0) is 18.6 Å². The fourth-order valence-corrected chi connectivity index (χ4v) is 1.64. The van der Waals surface area contributed by atoms with Gasteiger partial charge in [0.05, 0.1) is 6.61 Å². The highest BCUT2D eigenvalue weighted by molar-refractivity contribution is 5.82. The molecule has 1 saturated heterocycles. The summed E-state index contributed by atoms with van der Waals surface area (Å²) in [6.07, 6.45) is 0.661. The van der Waals surface area contributed by atoms with Gasteiger partial charge in [-0.3, -0.25) is 4.79 Å². The molecule has 1 unspecified atom stereocenters. The number of ketones is 1. The van der Waals surface area contributed by atoms with Crippen LogP contribution in [0.15, 0.2) is 18.2 Å². The number of benzene rings is 1. The molecular formula is C12H12F2O3. The highest BCUT2D eigenvalue weighted by atomic mass is 19.1. The Morgan fingerprint density at radius 3 is 3.00 bits per heavy atom. The molecule has 3 nitrogen and oxygen atoms in total. The third-order valence-corrected chi connectivity index (χ3v) is 2.65. The molecule has 1 heterocycles. The van der Waals surface area contributed by atoms with Crippen molar-refractivity contribution < 1.29 is 23.0 Å². The van der Waals surface area contributed by atoms with Crippen molar-refractivity contribution in [2.24, 2.45) is 5.92 Å². The van der Waals surface area contributed by atoms with E-state index in [4.69, 9.17) is 9.47 Å². The van der Waals surface area contributed by atoms with Crippen LogP contribution in [0, 0.1) is 17.6 Å². The van der Waals surface area contributed by atoms with Crippen LogP contribution in [0.2, 0.25) is 0 Å². The van der Waals surface area contributed by atoms with Gasteiger partial charge < -0.3 is 9.47 Å². The van der Waals surface area contributed by atoms with Crippen LogP contribution in [0.5, 0.6) is 5.75 Å². The Kier molecular flexibility index (Phi) is 3.68. The van der Waals surface area contributed by atoms with Crippen LogP contribution in [0.4, 0.5) is 8.78 Å². The third-order valence-electron chi connectivity index (χ3n) is 2.65. The zero-order chi connectivity index (χ0) is 12.3. The van der Waals surface area contributed by atoms with Crippen LogP contribution in [-0.2, 0) is 9.53 Å². The molecule has 17 heavy (non-hydrogen) atoms. The average Bonchev–Trinajstić information content (AvgIpc) is 2.83. The van der Waals surface area contributed by atoms with Gasteiger partial charge >= 0.3 is 0 Å². The highest BCUT2D eigenvalue weighted by Gasteiger charge is 2.23. The molecule has 1 aliphatic heterocycles. The minimum Gasteiger partial charge on any atom is -0.483 e. The summed E-state index contributed by atoms with van der Waals surface area (Å²) in [6, 6.07) is 2.89. The number of halogens is 2. The normalized spacial score (nSPS) is 19.3. The van der Waals surface area contributed by atoms with E-state index in [0.717, 1.165) is 18.2 Å². The lowest BCUT2D eigenvalue weighted by molar-refractivity contribution is -0.124. The Bertz CT molecular complexity index is 414. The maximum Gasteiger partial charge on any atom is 0.175 e. The number of hydrogen-bond acceptors (Lipinski definition) is 3. The number of Topliss-reactive ketones (excluding diaryl/α,β-unsaturated/α-hetero) is 1. The molecular weight excluding hydrogens is 230 g/mol. The van der Waals surface area contributed by atoms with Gasteiger partial charge in [-0.1, -0.05) is 0 Å². The molecule has 0 aliphatic carbocycles. The average molecular weight is 242 g/mol. The van der Waals surface area contributed by atoms with Gasteiger partial charge in [0.2, 0.25) is 0 Å². The van der Waals surface area contributed by atoms with Gasteiger partial charge in [0.25, 0.3) is 0 Å². The van der Waals surface area contributed by atoms with Gasteiger partial charge in [-0.2, -0.15) is 0 Å². The van der Waals surface area contributed by atoms with E-state index in [-0.39, 0.29) is 24.1 Å². The van der Waals surface area contributed by atoms with Crippen molar-refractivity contribution in [3.63, 3.8) is 0 Å². The first kappa shape index (κ1) is 12.0. The first-order valence-corrected chi connectivity index (χ1v) is 5.35. The highest BCUT2D eigenvalue weighted by Crippen LogP contribution is 2.19. The van der Waals surface area contributed by atoms with E-state index >= 15 is 0 Å². The van der Waals surface area contributed by atoms with Crippen molar-refractivity contribution in [3.05, 3.63) is 29.8 Å². The lowest BCUT2D eigenvalue weighted by Crippen LogP contribution is -2.21. The maximum atomic E-state index is 13.2. The largest absolute Gasteiger partial charge is 0.483 e. The van der Waals surface area contributed by atoms with Gasteiger partial charge in [-0.25, -0.2) is 8.78 Å². The first-order valence-electron chi connectivity index (χ1n) is 5.35. The first-order chi connectivity index (χ1) is 8.16. The third kappa shape index (κ3) is 3.00. The van der Waals surface area contributed by atoms with Crippen LogP contribution in [0.25, 0.3) is 0 Å². The lowest BCUT2D eigenvalue weighted by atomic mass is 10.0. The summed E-state index contributed by atoms with van der Waals surface area (Å²) in [6.45, 7) is 0.687. The molecule has 0 saturated carbocycles. The minimum absolute atomic E-state index is 0.147. The van der Waals surface area contributed by atoms with E-state index in [9.17, 15) is 13.6 Å². The summed E-state index contributed by atoms with van der Waals surface area (Å²) in [5.74, 6) is -1.85. The monoisotopic (exact) mass is 242 g/mol. The quantitative estimate of drug-likeness (QED) is 0.809. The smallest absolute Gasteiger partial charge is 0.175 e. The van der Waals surface area contributed by atoms with Crippen molar-refractivity contribution >= 4 is 5.78 Å². The Labute approximate surface area is 97.3 Å². The van der Waals surface area contributed by atoms with Gasteiger partial charge in [0.15, 0.2) is 17.3 Å². The van der Waals surface area contributed by atoms with Gasteiger partial charge in [-0.15, -0.1) is 0 Å². The fourth-order valence-electron chi connectivity index (χ4n) is 1.64. The molecule has 5 heteroatoms. The van der Waals surface area contributed by atoms with E-state index in [1.54, 1.807) is 0 Å². The molecule has 0 N–H and O–H groups in total. The number of rotatable bonds is 4. The number of hydrogen-bond donors (Lipinski definition) is 0. The standard InChI is InChI=1S/C12H12F2O3/c13-9-1-2-10(14)12(5-9)17-7-11(15)8-3-4-16-6-8/h1-2,5,8H,3-4,6-7H2. The Hall–Kier alpha value is -1.49. The van der Waals surface area contributed by atoms with Crippen LogP contribution in [0.1, 0.15) is 6.42 Å². The summed E-state index contributed by atoms with van der Waals surface area (Å²) in [4.78, 5) is 11.6. The molecule has 1 atom stereocenters. The van der Waals surface area contributed by atoms with Gasteiger partial charge in [0.1, 0.15) is 12.4 Å². The Morgan fingerprint density at radius 2 is 2.29 bits per heavy atom. The zero-order valence-corrected chi connectivity index (χ0v) is 9.12. The van der Waals surface area contributed by atoms with Crippen LogP contribution < -0.4 is 4.74 Å². The van der Waals surface area contributed by atoms with E-state index in [0.29, 0.717) is 19.6 Å². The topological polar surface area (TPSA) is 35.5 Å². The van der Waals surface area contributed by atoms with Crippen LogP contribution in [-0.4, -0.2) is 25.6 Å². The minimum atomic E-state index is -0.679. The molecule has 0 radical (unpaired) electrons. The lowest BCUT2D eigenvalue weighted by Gasteiger charge is -2.09. The zero-order valence-electron chi connectivity index (χ0n) is 9.12. The molecule has 0 amide bonds. The molecule has 0 bridgehead atoms. The summed E-state index contributed by atoms with van der Waals surface area (Å²) >= 11 is 0. The van der Waals surface area contributed by atoms with E-state index in [1.165, 1.54) is 0 Å². The molecule has 1 aromatic carbocycles. The molecule has 1 aromatic rings. The van der Waals surface area contributed by atoms with Crippen molar-refractivity contribution in [1.82, 2.24) is 0 Å². The predicted octanol–water partition coefficient (Wildman–Crippen LogP) is 1.95. The van der Waals surface area contributed by atoms with Crippen molar-refractivity contribution in [1.29, 1.82) is 0 Å². The summed E-state index contributed by atoms with van der Waals surface area (Å²) < 4.78 is 36.0. The van der Waals surface area contributed by atoms with Crippen LogP contribution in [0.3, 0.4) is 0 Å². The van der Waals surface area contributed by atoms with E-state index < -0.39 is 11.6 Å². The van der Waals surface area contributed by atoms with Crippen molar-refractivity contribution in [2.75, 3.05) is 19.8 Å². The Balaban J connectivity index is 1.92. The molecule has 1 aliphatic rings. The number of ether oxygens (including phenoxy) is 2. The number of carbonyl (C=O) groups excluding carboxylic acids is 1. The summed E-state index contributed by atoms with van der Waals surface area (Å²) in [5.41, 5.74) is 0. The molecule has 0 spiro atoms. The van der Waals surface area contributed by atoms with Crippen molar-refractivity contribution in [3.8, 4) is 5.75 Å². The second-order valence-electron chi connectivity index (χ2n) is 3.89. The predicted molar refractivity (Wildman–Crippen MR) is 55.8 cm³/mol. The van der Waals surface area contributed by atoms with Gasteiger partial charge in [0, 0.05) is 18.6 Å². The van der Waals surface area contributed by atoms with Crippen LogP contribution >= 0.6 is 0 Å². The molecule has 0 aromatic heterocycles. The molecule has 1 fully saturated rings. The fraction of sp³-hybridized carbons (Fsp3) is 0.417. The van der Waals surface area contributed by atoms with Crippen molar-refractivity contribution in [2.45, 2.75) is 6.42 Å². The summed E-state index contributed by atoms with van der Waals surface area (Å²) in [7, 11) is 0.